The molecule has 28 heavy (non-hydrogen) atoms. The predicted molar refractivity (Wildman–Crippen MR) is 103 cm³/mol. The van der Waals surface area contributed by atoms with Crippen molar-refractivity contribution in [3.05, 3.63) is 42.0 Å². The van der Waals surface area contributed by atoms with Gasteiger partial charge >= 0.3 is 0 Å². The fourth-order valence-electron chi connectivity index (χ4n) is 3.19. The van der Waals surface area contributed by atoms with Crippen molar-refractivity contribution in [1.82, 2.24) is 14.9 Å². The third-order valence-electron chi connectivity index (χ3n) is 4.89. The van der Waals surface area contributed by atoms with Crippen molar-refractivity contribution in [2.24, 2.45) is 0 Å². The first kappa shape index (κ1) is 20.2. The lowest BCUT2D eigenvalue weighted by molar-refractivity contribution is -0.132. The molecule has 3 rings (SSSR count). The predicted octanol–water partition coefficient (Wildman–Crippen LogP) is 1.58. The molecule has 1 aliphatic heterocycles. The van der Waals surface area contributed by atoms with Gasteiger partial charge in [0.25, 0.3) is 0 Å². The van der Waals surface area contributed by atoms with Gasteiger partial charge in [-0.15, -0.1) is 0 Å². The molecule has 0 radical (unpaired) electrons. The molecule has 1 atom stereocenters. The molecule has 1 aromatic heterocycles. The van der Waals surface area contributed by atoms with E-state index in [1.54, 1.807) is 36.4 Å². The lowest BCUT2D eigenvalue weighted by Gasteiger charge is -2.34. The van der Waals surface area contributed by atoms with Crippen LogP contribution in [-0.2, 0) is 11.4 Å². The number of anilines is 1. The first-order valence-electron chi connectivity index (χ1n) is 9.41. The van der Waals surface area contributed by atoms with Crippen molar-refractivity contribution >= 4 is 11.9 Å². The van der Waals surface area contributed by atoms with Gasteiger partial charge in [-0.25, -0.2) is 14.4 Å². The maximum absolute atomic E-state index is 14.4. The maximum Gasteiger partial charge on any atom is 0.225 e. The summed E-state index contributed by atoms with van der Waals surface area (Å²) in [6.45, 7) is 3.72. The number of aliphatic hydroxyl groups excluding tert-OH is 2. The van der Waals surface area contributed by atoms with E-state index in [9.17, 15) is 19.4 Å². The van der Waals surface area contributed by atoms with E-state index in [1.165, 1.54) is 6.07 Å². The van der Waals surface area contributed by atoms with Crippen LogP contribution >= 0.6 is 0 Å². The third kappa shape index (κ3) is 4.63. The van der Waals surface area contributed by atoms with Gasteiger partial charge in [-0.3, -0.25) is 4.79 Å². The molecule has 8 heteroatoms. The van der Waals surface area contributed by atoms with Crippen molar-refractivity contribution in [3.63, 3.8) is 0 Å². The average Bonchev–Trinajstić information content (AvgIpc) is 2.72. The number of amides is 1. The van der Waals surface area contributed by atoms with Crippen LogP contribution in [0.25, 0.3) is 11.1 Å². The van der Waals surface area contributed by atoms with E-state index in [-0.39, 0.29) is 18.1 Å². The smallest absolute Gasteiger partial charge is 0.225 e. The Morgan fingerprint density at radius 1 is 1.21 bits per heavy atom. The zero-order valence-electron chi connectivity index (χ0n) is 15.9. The van der Waals surface area contributed by atoms with Gasteiger partial charge in [0.15, 0.2) is 0 Å². The number of nitrogens with zero attached hydrogens (tertiary/aromatic N) is 4. The van der Waals surface area contributed by atoms with Crippen LogP contribution in [0.3, 0.4) is 0 Å². The Labute approximate surface area is 163 Å². The topological polar surface area (TPSA) is 89.8 Å². The van der Waals surface area contributed by atoms with Crippen LogP contribution in [0.2, 0.25) is 0 Å². The first-order chi connectivity index (χ1) is 13.5. The normalized spacial score (nSPS) is 15.6. The number of rotatable bonds is 6. The van der Waals surface area contributed by atoms with Crippen LogP contribution in [-0.4, -0.2) is 63.3 Å². The second kappa shape index (κ2) is 9.07. The number of aromatic nitrogens is 2. The summed E-state index contributed by atoms with van der Waals surface area (Å²) in [5.41, 5.74) is 1.13. The van der Waals surface area contributed by atoms with E-state index in [0.717, 1.165) is 0 Å². The Bertz CT molecular complexity index is 806. The lowest BCUT2D eigenvalue weighted by atomic mass is 10.1. The Kier molecular flexibility index (Phi) is 6.53. The van der Waals surface area contributed by atoms with Crippen molar-refractivity contribution in [3.8, 4) is 11.1 Å². The van der Waals surface area contributed by atoms with Crippen molar-refractivity contribution in [1.29, 1.82) is 0 Å². The van der Waals surface area contributed by atoms with Gasteiger partial charge in [0.1, 0.15) is 5.82 Å². The summed E-state index contributed by atoms with van der Waals surface area (Å²) in [5.74, 6) is 0.125. The van der Waals surface area contributed by atoms with E-state index in [2.05, 4.69) is 9.97 Å². The van der Waals surface area contributed by atoms with Crippen molar-refractivity contribution in [2.45, 2.75) is 32.5 Å². The number of piperazine rings is 1. The molecule has 1 fully saturated rings. The second-order valence-electron chi connectivity index (χ2n) is 6.96. The van der Waals surface area contributed by atoms with Gasteiger partial charge in [0, 0.05) is 61.7 Å². The zero-order valence-corrected chi connectivity index (χ0v) is 15.9. The van der Waals surface area contributed by atoms with Crippen molar-refractivity contribution in [2.75, 3.05) is 31.1 Å². The molecule has 2 N–H and O–H groups in total. The first-order valence-corrected chi connectivity index (χ1v) is 9.41. The van der Waals surface area contributed by atoms with E-state index in [1.807, 2.05) is 4.90 Å². The van der Waals surface area contributed by atoms with Crippen LogP contribution < -0.4 is 4.90 Å². The maximum atomic E-state index is 14.4. The quantitative estimate of drug-likeness (QED) is 0.781. The highest BCUT2D eigenvalue weighted by Crippen LogP contribution is 2.25. The molecular weight excluding hydrogens is 363 g/mol. The average molecular weight is 388 g/mol. The Balaban J connectivity index is 1.62. The Hall–Kier alpha value is -2.58. The molecule has 0 bridgehead atoms. The number of carbonyl (C=O) groups excluding carboxylic acids is 1. The van der Waals surface area contributed by atoms with E-state index in [0.29, 0.717) is 56.1 Å². The van der Waals surface area contributed by atoms with Gasteiger partial charge in [-0.2, -0.15) is 0 Å². The molecule has 150 valence electrons. The van der Waals surface area contributed by atoms with Crippen LogP contribution in [0.15, 0.2) is 30.6 Å². The molecule has 1 amide bonds. The van der Waals surface area contributed by atoms with Crippen molar-refractivity contribution < 1.29 is 19.4 Å². The van der Waals surface area contributed by atoms with Gasteiger partial charge in [0.05, 0.1) is 12.7 Å². The lowest BCUT2D eigenvalue weighted by Crippen LogP contribution is -2.49. The summed E-state index contributed by atoms with van der Waals surface area (Å²) >= 11 is 0. The highest BCUT2D eigenvalue weighted by Gasteiger charge is 2.22. The van der Waals surface area contributed by atoms with E-state index >= 15 is 0 Å². The van der Waals surface area contributed by atoms with Gasteiger partial charge in [-0.05, 0) is 13.3 Å². The summed E-state index contributed by atoms with van der Waals surface area (Å²) < 4.78 is 14.4. The summed E-state index contributed by atoms with van der Waals surface area (Å²) in [6.07, 6.45) is 3.49. The van der Waals surface area contributed by atoms with Gasteiger partial charge < -0.3 is 20.0 Å². The van der Waals surface area contributed by atoms with Gasteiger partial charge in [-0.1, -0.05) is 18.2 Å². The molecule has 1 saturated heterocycles. The number of hydrogen-bond acceptors (Lipinski definition) is 6. The molecule has 1 aromatic carbocycles. The highest BCUT2D eigenvalue weighted by atomic mass is 19.1. The highest BCUT2D eigenvalue weighted by molar-refractivity contribution is 5.76. The van der Waals surface area contributed by atoms with E-state index in [4.69, 9.17) is 0 Å². The molecular formula is C20H25FN4O3. The summed E-state index contributed by atoms with van der Waals surface area (Å²) in [4.78, 5) is 24.6. The van der Waals surface area contributed by atoms with Gasteiger partial charge in [0.2, 0.25) is 11.9 Å². The van der Waals surface area contributed by atoms with E-state index < -0.39 is 11.9 Å². The minimum atomic E-state index is -0.472. The fourth-order valence-corrected chi connectivity index (χ4v) is 3.19. The summed E-state index contributed by atoms with van der Waals surface area (Å²) in [6, 6.07) is 4.85. The Morgan fingerprint density at radius 3 is 2.50 bits per heavy atom. The fraction of sp³-hybridized carbons (Fsp3) is 0.450. The summed E-state index contributed by atoms with van der Waals surface area (Å²) in [7, 11) is 0. The van der Waals surface area contributed by atoms with Crippen LogP contribution in [0, 0.1) is 5.82 Å². The monoisotopic (exact) mass is 388 g/mol. The third-order valence-corrected chi connectivity index (χ3v) is 4.89. The molecule has 0 aliphatic carbocycles. The standard InChI is InChI=1S/C20H25FN4O3/c1-14(27)5-6-18(28)24-7-9-25(10-8-24)20-22-11-16(12-23-20)17-4-2-3-15(13-26)19(17)21/h2-4,11-12,14,26-27H,5-10,13H2,1H3. The number of benzene rings is 1. The number of aliphatic hydroxyl groups is 2. The summed E-state index contributed by atoms with van der Waals surface area (Å²) in [5, 5.41) is 18.5. The Morgan fingerprint density at radius 2 is 1.89 bits per heavy atom. The number of halogens is 1. The molecule has 7 nitrogen and oxygen atoms in total. The van der Waals surface area contributed by atoms with Crippen LogP contribution in [0.5, 0.6) is 0 Å². The molecule has 2 heterocycles. The van der Waals surface area contributed by atoms with Crippen LogP contribution in [0.4, 0.5) is 10.3 Å². The number of hydrogen-bond donors (Lipinski definition) is 2. The number of carbonyl (C=O) groups is 1. The molecule has 0 spiro atoms. The largest absolute Gasteiger partial charge is 0.393 e. The minimum absolute atomic E-state index is 0.0519. The SMILES string of the molecule is CC(O)CCC(=O)N1CCN(c2ncc(-c3cccc(CO)c3F)cn2)CC1. The molecule has 0 saturated carbocycles. The molecule has 1 unspecified atom stereocenters. The minimum Gasteiger partial charge on any atom is -0.393 e. The zero-order chi connectivity index (χ0) is 20.1. The second-order valence-corrected chi connectivity index (χ2v) is 6.96. The molecule has 2 aromatic rings. The van der Waals surface area contributed by atoms with Crippen LogP contribution in [0.1, 0.15) is 25.3 Å². The molecule has 1 aliphatic rings.